The summed E-state index contributed by atoms with van der Waals surface area (Å²) >= 11 is 0. The zero-order chi connectivity index (χ0) is 21.8. The SMILES string of the molecule is CCNC(=NCC(C)CN1CCN(CC)CC1)NCC(CC)Oc1cccc(F)c1.I. The third-order valence-corrected chi connectivity index (χ3v) is 5.44. The molecular formula is C23H41FIN5O. The highest BCUT2D eigenvalue weighted by atomic mass is 127. The molecule has 0 spiro atoms. The standard InChI is InChI=1S/C23H40FN5O.HI/c1-5-21(30-22-10-8-9-20(24)15-22)17-27-23(25-6-2)26-16-19(4)18-29-13-11-28(7-3)12-14-29;/h8-10,15,19,21H,5-7,11-14,16-18H2,1-4H3,(H2,25,26,27);1H. The van der Waals surface area contributed by atoms with E-state index in [1.807, 2.05) is 0 Å². The van der Waals surface area contributed by atoms with E-state index in [0.717, 1.165) is 51.6 Å². The van der Waals surface area contributed by atoms with Crippen LogP contribution >= 0.6 is 24.0 Å². The fraction of sp³-hybridized carbons (Fsp3) is 0.696. The molecule has 6 nitrogen and oxygen atoms in total. The second-order valence-corrected chi connectivity index (χ2v) is 8.05. The number of hydrogen-bond acceptors (Lipinski definition) is 4. The van der Waals surface area contributed by atoms with Gasteiger partial charge in [0.05, 0.1) is 6.54 Å². The van der Waals surface area contributed by atoms with Gasteiger partial charge in [-0.15, -0.1) is 24.0 Å². The van der Waals surface area contributed by atoms with Gasteiger partial charge in [0.1, 0.15) is 17.7 Å². The van der Waals surface area contributed by atoms with Crippen molar-refractivity contribution in [2.75, 3.05) is 58.9 Å². The molecule has 1 aromatic rings. The molecule has 2 unspecified atom stereocenters. The zero-order valence-corrected chi connectivity index (χ0v) is 21.9. The summed E-state index contributed by atoms with van der Waals surface area (Å²) in [7, 11) is 0. The van der Waals surface area contributed by atoms with Crippen molar-refractivity contribution in [2.24, 2.45) is 10.9 Å². The van der Waals surface area contributed by atoms with Gasteiger partial charge < -0.3 is 25.2 Å². The van der Waals surface area contributed by atoms with Crippen LogP contribution in [-0.2, 0) is 0 Å². The molecule has 0 aromatic heterocycles. The topological polar surface area (TPSA) is 52.1 Å². The second-order valence-electron chi connectivity index (χ2n) is 8.05. The number of guanidine groups is 1. The lowest BCUT2D eigenvalue weighted by Gasteiger charge is -2.35. The number of likely N-dealkylation sites (N-methyl/N-ethyl adjacent to an activating group) is 1. The molecule has 1 aromatic carbocycles. The normalized spacial score (nSPS) is 17.5. The molecule has 0 aliphatic carbocycles. The first-order chi connectivity index (χ1) is 14.5. The number of rotatable bonds is 11. The first kappa shape index (κ1) is 27.9. The minimum atomic E-state index is -0.282. The van der Waals surface area contributed by atoms with Crippen LogP contribution in [0.15, 0.2) is 29.3 Å². The number of nitrogens with one attached hydrogen (secondary N) is 2. The number of piperazine rings is 1. The van der Waals surface area contributed by atoms with Crippen molar-refractivity contribution in [3.05, 3.63) is 30.1 Å². The Morgan fingerprint density at radius 2 is 1.84 bits per heavy atom. The Balaban J connectivity index is 0.00000480. The van der Waals surface area contributed by atoms with Crippen LogP contribution in [0.2, 0.25) is 0 Å². The third-order valence-electron chi connectivity index (χ3n) is 5.44. The van der Waals surface area contributed by atoms with Crippen LogP contribution in [0.3, 0.4) is 0 Å². The Morgan fingerprint density at radius 1 is 1.13 bits per heavy atom. The molecule has 2 N–H and O–H groups in total. The van der Waals surface area contributed by atoms with E-state index in [1.165, 1.54) is 25.2 Å². The number of hydrogen-bond donors (Lipinski definition) is 2. The van der Waals surface area contributed by atoms with Gasteiger partial charge >= 0.3 is 0 Å². The molecule has 0 amide bonds. The Kier molecular flexibility index (Phi) is 14.1. The van der Waals surface area contributed by atoms with Crippen molar-refractivity contribution < 1.29 is 9.13 Å². The van der Waals surface area contributed by atoms with Crippen molar-refractivity contribution >= 4 is 29.9 Å². The van der Waals surface area contributed by atoms with Gasteiger partial charge in [-0.3, -0.25) is 4.99 Å². The van der Waals surface area contributed by atoms with Crippen molar-refractivity contribution in [3.63, 3.8) is 0 Å². The molecule has 8 heteroatoms. The van der Waals surface area contributed by atoms with Crippen LogP contribution < -0.4 is 15.4 Å². The van der Waals surface area contributed by atoms with Crippen molar-refractivity contribution in [3.8, 4) is 5.75 Å². The molecule has 0 radical (unpaired) electrons. The van der Waals surface area contributed by atoms with E-state index in [0.29, 0.717) is 18.2 Å². The lowest BCUT2D eigenvalue weighted by atomic mass is 10.1. The number of ether oxygens (including phenoxy) is 1. The predicted molar refractivity (Wildman–Crippen MR) is 138 cm³/mol. The van der Waals surface area contributed by atoms with E-state index in [2.05, 4.69) is 48.1 Å². The van der Waals surface area contributed by atoms with E-state index in [4.69, 9.17) is 9.73 Å². The maximum absolute atomic E-state index is 13.4. The van der Waals surface area contributed by atoms with Crippen LogP contribution in [0.25, 0.3) is 0 Å². The van der Waals surface area contributed by atoms with Crippen molar-refractivity contribution in [2.45, 2.75) is 40.2 Å². The number of aliphatic imine (C=N–C) groups is 1. The summed E-state index contributed by atoms with van der Waals surface area (Å²) in [6, 6.07) is 6.30. The first-order valence-corrected chi connectivity index (χ1v) is 11.4. The average molecular weight is 550 g/mol. The fourth-order valence-electron chi connectivity index (χ4n) is 3.59. The van der Waals surface area contributed by atoms with Gasteiger partial charge in [0, 0.05) is 51.9 Å². The Bertz CT molecular complexity index is 640. The van der Waals surface area contributed by atoms with Gasteiger partial charge in [-0.05, 0) is 37.9 Å². The largest absolute Gasteiger partial charge is 0.489 e. The van der Waals surface area contributed by atoms with E-state index in [1.54, 1.807) is 12.1 Å². The van der Waals surface area contributed by atoms with E-state index in [-0.39, 0.29) is 35.9 Å². The highest BCUT2D eigenvalue weighted by molar-refractivity contribution is 14.0. The fourth-order valence-corrected chi connectivity index (χ4v) is 3.59. The number of halogens is 2. The quantitative estimate of drug-likeness (QED) is 0.252. The van der Waals surface area contributed by atoms with E-state index >= 15 is 0 Å². The minimum absolute atomic E-state index is 0. The van der Waals surface area contributed by atoms with Gasteiger partial charge in [0.2, 0.25) is 0 Å². The lowest BCUT2D eigenvalue weighted by molar-refractivity contribution is 0.125. The summed E-state index contributed by atoms with van der Waals surface area (Å²) in [4.78, 5) is 9.83. The Morgan fingerprint density at radius 3 is 2.45 bits per heavy atom. The molecule has 1 aliphatic heterocycles. The predicted octanol–water partition coefficient (Wildman–Crippen LogP) is 3.43. The first-order valence-electron chi connectivity index (χ1n) is 11.4. The Hall–Kier alpha value is -1.13. The van der Waals surface area contributed by atoms with Crippen molar-refractivity contribution in [1.82, 2.24) is 20.4 Å². The van der Waals surface area contributed by atoms with Gasteiger partial charge in [0.25, 0.3) is 0 Å². The van der Waals surface area contributed by atoms with Crippen LogP contribution in [0.5, 0.6) is 5.75 Å². The Labute approximate surface area is 205 Å². The van der Waals surface area contributed by atoms with Gasteiger partial charge in [-0.2, -0.15) is 0 Å². The molecule has 0 bridgehead atoms. The van der Waals surface area contributed by atoms with Gasteiger partial charge in [-0.1, -0.05) is 26.8 Å². The monoisotopic (exact) mass is 549 g/mol. The molecule has 1 heterocycles. The van der Waals surface area contributed by atoms with Crippen LogP contribution in [0, 0.1) is 11.7 Å². The average Bonchev–Trinajstić information content (AvgIpc) is 2.75. The molecule has 2 rings (SSSR count). The molecule has 1 saturated heterocycles. The molecule has 0 saturated carbocycles. The molecule has 31 heavy (non-hydrogen) atoms. The molecule has 1 aliphatic rings. The number of nitrogens with zero attached hydrogens (tertiary/aromatic N) is 3. The van der Waals surface area contributed by atoms with Gasteiger partial charge in [-0.25, -0.2) is 4.39 Å². The third kappa shape index (κ3) is 10.8. The lowest BCUT2D eigenvalue weighted by Crippen LogP contribution is -2.47. The summed E-state index contributed by atoms with van der Waals surface area (Å²) in [5.41, 5.74) is 0. The molecule has 178 valence electrons. The maximum atomic E-state index is 13.4. The smallest absolute Gasteiger partial charge is 0.191 e. The van der Waals surface area contributed by atoms with Crippen LogP contribution in [-0.4, -0.2) is 80.8 Å². The van der Waals surface area contributed by atoms with E-state index < -0.39 is 0 Å². The maximum Gasteiger partial charge on any atom is 0.191 e. The van der Waals surface area contributed by atoms with Crippen LogP contribution in [0.4, 0.5) is 4.39 Å². The molecular weight excluding hydrogens is 508 g/mol. The minimum Gasteiger partial charge on any atom is -0.489 e. The second kappa shape index (κ2) is 15.6. The summed E-state index contributed by atoms with van der Waals surface area (Å²) in [5.74, 6) is 1.58. The van der Waals surface area contributed by atoms with E-state index in [9.17, 15) is 4.39 Å². The van der Waals surface area contributed by atoms with Crippen molar-refractivity contribution in [1.29, 1.82) is 0 Å². The summed E-state index contributed by atoms with van der Waals surface area (Å²) < 4.78 is 19.3. The zero-order valence-electron chi connectivity index (χ0n) is 19.6. The number of benzene rings is 1. The summed E-state index contributed by atoms with van der Waals surface area (Å²) in [6.07, 6.45) is 0.770. The van der Waals surface area contributed by atoms with Gasteiger partial charge in [0.15, 0.2) is 5.96 Å². The van der Waals surface area contributed by atoms with Crippen LogP contribution in [0.1, 0.15) is 34.1 Å². The molecule has 1 fully saturated rings. The molecule has 2 atom stereocenters. The summed E-state index contributed by atoms with van der Waals surface area (Å²) in [5, 5.41) is 6.69. The summed E-state index contributed by atoms with van der Waals surface area (Å²) in [6.45, 7) is 17.7. The highest BCUT2D eigenvalue weighted by Gasteiger charge is 2.17. The highest BCUT2D eigenvalue weighted by Crippen LogP contribution is 2.14.